The van der Waals surface area contributed by atoms with E-state index in [-0.39, 0.29) is 24.7 Å². The maximum Gasteiger partial charge on any atom is 0.323 e. The van der Waals surface area contributed by atoms with E-state index in [0.29, 0.717) is 33.9 Å². The number of hydrogen-bond donors (Lipinski definition) is 5. The number of hydrogen-bond acceptors (Lipinski definition) is 5. The maximum absolute atomic E-state index is 12.6. The number of carbonyl (C=O) groups excluding carboxylic acids is 3. The van der Waals surface area contributed by atoms with Crippen LogP contribution in [0.4, 0.5) is 21.9 Å². The fourth-order valence-corrected chi connectivity index (χ4v) is 3.80. The van der Waals surface area contributed by atoms with Crippen molar-refractivity contribution < 1.29 is 29.0 Å². The Bertz CT molecular complexity index is 1310. The molecule has 10 heteroatoms. The Morgan fingerprint density at radius 2 is 1.58 bits per heavy atom. The Kier molecular flexibility index (Phi) is 9.42. The van der Waals surface area contributed by atoms with E-state index in [0.717, 1.165) is 5.56 Å². The van der Waals surface area contributed by atoms with E-state index < -0.39 is 18.0 Å². The van der Waals surface area contributed by atoms with Gasteiger partial charge in [0.1, 0.15) is 5.75 Å². The first-order valence-corrected chi connectivity index (χ1v) is 11.8. The number of carbonyl (C=O) groups is 4. The van der Waals surface area contributed by atoms with Gasteiger partial charge in [0.2, 0.25) is 11.8 Å². The number of rotatable bonds is 10. The summed E-state index contributed by atoms with van der Waals surface area (Å²) in [5.41, 5.74) is 3.88. The van der Waals surface area contributed by atoms with Gasteiger partial charge in [0, 0.05) is 18.3 Å². The normalized spacial score (nSPS) is 11.1. The van der Waals surface area contributed by atoms with Crippen LogP contribution in [0.25, 0.3) is 0 Å². The van der Waals surface area contributed by atoms with E-state index in [1.807, 2.05) is 25.1 Å². The molecule has 0 heterocycles. The predicted molar refractivity (Wildman–Crippen MR) is 144 cm³/mol. The van der Waals surface area contributed by atoms with Crippen molar-refractivity contribution in [3.8, 4) is 5.75 Å². The molecule has 0 spiro atoms. The van der Waals surface area contributed by atoms with Crippen LogP contribution in [0.15, 0.2) is 66.7 Å². The number of aliphatic carboxylic acids is 1. The highest BCUT2D eigenvalue weighted by Crippen LogP contribution is 2.27. The lowest BCUT2D eigenvalue weighted by Crippen LogP contribution is -2.28. The number of ether oxygens (including phenoxy) is 1. The van der Waals surface area contributed by atoms with Crippen LogP contribution in [0.1, 0.15) is 36.1 Å². The number of methoxy groups -OCH3 is 1. The molecule has 4 amide bonds. The highest BCUT2D eigenvalue weighted by Gasteiger charge is 2.17. The molecule has 3 aromatic carbocycles. The van der Waals surface area contributed by atoms with Crippen LogP contribution in [0.2, 0.25) is 0 Å². The number of nitrogens with one attached hydrogen (secondary N) is 4. The molecule has 0 aliphatic heterocycles. The summed E-state index contributed by atoms with van der Waals surface area (Å²) in [5, 5.41) is 20.1. The van der Waals surface area contributed by atoms with Gasteiger partial charge in [-0.2, -0.15) is 0 Å². The fraction of sp³-hybridized carbons (Fsp3) is 0.214. The van der Waals surface area contributed by atoms with Crippen LogP contribution in [0.5, 0.6) is 5.75 Å². The van der Waals surface area contributed by atoms with Crippen LogP contribution < -0.4 is 26.0 Å². The Morgan fingerprint density at radius 3 is 2.21 bits per heavy atom. The number of benzene rings is 3. The predicted octanol–water partition coefficient (Wildman–Crippen LogP) is 4.48. The van der Waals surface area contributed by atoms with Crippen LogP contribution in [-0.2, 0) is 20.8 Å². The number of para-hydroxylation sites is 1. The third kappa shape index (κ3) is 8.09. The van der Waals surface area contributed by atoms with E-state index in [2.05, 4.69) is 21.3 Å². The van der Waals surface area contributed by atoms with Crippen molar-refractivity contribution in [1.82, 2.24) is 5.32 Å². The first-order chi connectivity index (χ1) is 18.1. The molecule has 0 saturated carbocycles. The van der Waals surface area contributed by atoms with Gasteiger partial charge in [-0.1, -0.05) is 36.4 Å². The fourth-order valence-electron chi connectivity index (χ4n) is 3.80. The van der Waals surface area contributed by atoms with E-state index in [1.165, 1.54) is 14.0 Å². The topological polar surface area (TPSA) is 146 Å². The van der Waals surface area contributed by atoms with Crippen molar-refractivity contribution >= 4 is 40.9 Å². The molecule has 0 fully saturated rings. The molecular weight excluding hydrogens is 488 g/mol. The molecule has 0 aromatic heterocycles. The summed E-state index contributed by atoms with van der Waals surface area (Å²) in [6, 6.07) is 18.0. The minimum Gasteiger partial charge on any atom is -0.495 e. The van der Waals surface area contributed by atoms with Gasteiger partial charge in [-0.3, -0.25) is 14.4 Å². The second-order valence-corrected chi connectivity index (χ2v) is 8.63. The summed E-state index contributed by atoms with van der Waals surface area (Å²) in [6.45, 7) is 3.22. The Labute approximate surface area is 220 Å². The van der Waals surface area contributed by atoms with Gasteiger partial charge in [-0.25, -0.2) is 4.79 Å². The minimum absolute atomic E-state index is 0.0569. The SMILES string of the molecule is COc1cc(CC(=O)Nc2ccc([C@@H](CC(=O)O)NC(C)=O)cc2)ccc1NC(=O)Nc1ccccc1C. The lowest BCUT2D eigenvalue weighted by molar-refractivity contribution is -0.137. The zero-order valence-electron chi connectivity index (χ0n) is 21.3. The van der Waals surface area contributed by atoms with Crippen molar-refractivity contribution in [3.05, 3.63) is 83.4 Å². The van der Waals surface area contributed by atoms with Crippen molar-refractivity contribution in [1.29, 1.82) is 0 Å². The summed E-state index contributed by atoms with van der Waals surface area (Å²) < 4.78 is 5.41. The summed E-state index contributed by atoms with van der Waals surface area (Å²) >= 11 is 0. The molecule has 1 atom stereocenters. The van der Waals surface area contributed by atoms with Crippen molar-refractivity contribution in [2.24, 2.45) is 0 Å². The zero-order chi connectivity index (χ0) is 27.7. The minimum atomic E-state index is -1.04. The molecule has 3 aromatic rings. The molecule has 0 unspecified atom stereocenters. The van der Waals surface area contributed by atoms with Crippen LogP contribution >= 0.6 is 0 Å². The number of amides is 4. The van der Waals surface area contributed by atoms with Gasteiger partial charge in [0.25, 0.3) is 0 Å². The molecule has 10 nitrogen and oxygen atoms in total. The average Bonchev–Trinajstić information content (AvgIpc) is 2.86. The highest BCUT2D eigenvalue weighted by atomic mass is 16.5. The zero-order valence-corrected chi connectivity index (χ0v) is 21.3. The molecule has 198 valence electrons. The van der Waals surface area contributed by atoms with Gasteiger partial charge in [-0.05, 0) is 53.9 Å². The number of aryl methyl sites for hydroxylation is 1. The molecule has 0 aliphatic rings. The van der Waals surface area contributed by atoms with E-state index >= 15 is 0 Å². The lowest BCUT2D eigenvalue weighted by Gasteiger charge is -2.17. The molecule has 0 saturated heterocycles. The smallest absolute Gasteiger partial charge is 0.323 e. The Morgan fingerprint density at radius 1 is 0.895 bits per heavy atom. The first kappa shape index (κ1) is 27.7. The van der Waals surface area contributed by atoms with Crippen molar-refractivity contribution in [3.63, 3.8) is 0 Å². The molecule has 0 radical (unpaired) electrons. The molecule has 0 bridgehead atoms. The number of carboxylic acid groups (broad SMARTS) is 1. The highest BCUT2D eigenvalue weighted by molar-refractivity contribution is 6.01. The third-order valence-corrected chi connectivity index (χ3v) is 5.63. The molecular formula is C28H30N4O6. The van der Waals surface area contributed by atoms with Crippen LogP contribution in [0.3, 0.4) is 0 Å². The first-order valence-electron chi connectivity index (χ1n) is 11.8. The molecule has 38 heavy (non-hydrogen) atoms. The standard InChI is InChI=1S/C28H30N4O6/c1-17-6-4-5-7-22(17)31-28(37)32-23-13-8-19(14-25(23)38-3)15-26(34)30-21-11-9-20(10-12-21)24(16-27(35)36)29-18(2)33/h4-14,24H,15-16H2,1-3H3,(H,29,33)(H,30,34)(H,35,36)(H2,31,32,37)/t24-/m1/s1. The summed E-state index contributed by atoms with van der Waals surface area (Å²) in [6.07, 6.45) is -0.202. The Hall–Kier alpha value is -4.86. The van der Waals surface area contributed by atoms with Crippen molar-refractivity contribution in [2.45, 2.75) is 32.7 Å². The second kappa shape index (κ2) is 12.9. The summed E-state index contributed by atoms with van der Waals surface area (Å²) in [5.74, 6) is -1.24. The van der Waals surface area contributed by atoms with Gasteiger partial charge in [0.15, 0.2) is 0 Å². The summed E-state index contributed by atoms with van der Waals surface area (Å²) in [4.78, 5) is 47.6. The number of anilines is 3. The largest absolute Gasteiger partial charge is 0.495 e. The van der Waals surface area contributed by atoms with Gasteiger partial charge in [-0.15, -0.1) is 0 Å². The molecule has 3 rings (SSSR count). The van der Waals surface area contributed by atoms with E-state index in [4.69, 9.17) is 9.84 Å². The van der Waals surface area contributed by atoms with Gasteiger partial charge < -0.3 is 31.1 Å². The quantitative estimate of drug-likeness (QED) is 0.267. The third-order valence-electron chi connectivity index (χ3n) is 5.63. The number of urea groups is 1. The monoisotopic (exact) mass is 518 g/mol. The van der Waals surface area contributed by atoms with E-state index in [1.54, 1.807) is 48.5 Å². The Balaban J connectivity index is 1.61. The lowest BCUT2D eigenvalue weighted by atomic mass is 10.0. The summed E-state index contributed by atoms with van der Waals surface area (Å²) in [7, 11) is 1.48. The molecule has 5 N–H and O–H groups in total. The second-order valence-electron chi connectivity index (χ2n) is 8.63. The van der Waals surface area contributed by atoms with Crippen LogP contribution in [-0.4, -0.2) is 36.0 Å². The van der Waals surface area contributed by atoms with Crippen molar-refractivity contribution in [2.75, 3.05) is 23.1 Å². The average molecular weight is 519 g/mol. The number of carboxylic acids is 1. The van der Waals surface area contributed by atoms with Gasteiger partial charge in [0.05, 0.1) is 31.7 Å². The van der Waals surface area contributed by atoms with Gasteiger partial charge >= 0.3 is 12.0 Å². The molecule has 0 aliphatic carbocycles. The van der Waals surface area contributed by atoms with Crippen LogP contribution in [0, 0.1) is 6.92 Å². The maximum atomic E-state index is 12.6. The van der Waals surface area contributed by atoms with E-state index in [9.17, 15) is 19.2 Å².